The van der Waals surface area contributed by atoms with Crippen molar-refractivity contribution < 1.29 is 68.2 Å². The van der Waals surface area contributed by atoms with E-state index in [0.29, 0.717) is 0 Å². The van der Waals surface area contributed by atoms with Gasteiger partial charge in [0, 0.05) is 33.5 Å². The number of methoxy groups -OCH3 is 2. The van der Waals surface area contributed by atoms with Gasteiger partial charge in [-0.05, 0) is 27.7 Å². The molecule has 0 amide bonds. The first-order valence-corrected chi connectivity index (χ1v) is 14.0. The van der Waals surface area contributed by atoms with Gasteiger partial charge in [0.2, 0.25) is 0 Å². The summed E-state index contributed by atoms with van der Waals surface area (Å²) in [6.07, 6.45) is -13.2. The Morgan fingerprint density at radius 3 is 1.62 bits per heavy atom. The van der Waals surface area contributed by atoms with Gasteiger partial charge in [-0.1, -0.05) is 0 Å². The minimum absolute atomic E-state index is 0.0217. The lowest BCUT2D eigenvalue weighted by Gasteiger charge is -2.47. The molecule has 0 aromatic heterocycles. The second-order valence-corrected chi connectivity index (χ2v) is 11.1. The summed E-state index contributed by atoms with van der Waals surface area (Å²) in [6.45, 7) is 6.89. The van der Waals surface area contributed by atoms with Gasteiger partial charge in [-0.15, -0.1) is 0 Å². The van der Waals surface area contributed by atoms with E-state index in [2.05, 4.69) is 0 Å². The van der Waals surface area contributed by atoms with Crippen LogP contribution < -0.4 is 0 Å². The molecule has 0 aromatic carbocycles. The molecule has 4 aliphatic heterocycles. The fourth-order valence-corrected chi connectivity index (χ4v) is 5.95. The third-order valence-corrected chi connectivity index (χ3v) is 8.19. The molecule has 0 aromatic rings. The summed E-state index contributed by atoms with van der Waals surface area (Å²) < 4.78 is 52.2. The number of hydrogen-bond donors (Lipinski definition) is 5. The molecule has 17 atom stereocenters. The summed E-state index contributed by atoms with van der Waals surface area (Å²) in [6, 6.07) is 0. The molecule has 4 rings (SSSR count). The number of ether oxygens (including phenoxy) is 9. The summed E-state index contributed by atoms with van der Waals surface area (Å²) in [5.74, 6) is 0. The van der Waals surface area contributed by atoms with Crippen LogP contribution in [0.5, 0.6) is 0 Å². The molecular formula is C26H46O14. The van der Waals surface area contributed by atoms with E-state index >= 15 is 0 Å². The van der Waals surface area contributed by atoms with Gasteiger partial charge in [0.1, 0.15) is 36.6 Å². The molecule has 1 unspecified atom stereocenters. The van der Waals surface area contributed by atoms with Crippen molar-refractivity contribution in [3.63, 3.8) is 0 Å². The molecule has 4 aliphatic rings. The van der Waals surface area contributed by atoms with Gasteiger partial charge in [-0.3, -0.25) is 0 Å². The van der Waals surface area contributed by atoms with Crippen molar-refractivity contribution in [3.05, 3.63) is 0 Å². The van der Waals surface area contributed by atoms with Gasteiger partial charge in [0.25, 0.3) is 0 Å². The predicted octanol–water partition coefficient (Wildman–Crippen LogP) is -1.24. The minimum atomic E-state index is -1.23. The zero-order valence-electron chi connectivity index (χ0n) is 23.8. The van der Waals surface area contributed by atoms with Crippen LogP contribution in [-0.4, -0.2) is 144 Å². The Bertz CT molecular complexity index is 766. The molecular weight excluding hydrogens is 536 g/mol. The average Bonchev–Trinajstić information content (AvgIpc) is 2.88. The van der Waals surface area contributed by atoms with E-state index in [1.54, 1.807) is 27.7 Å². The summed E-state index contributed by atoms with van der Waals surface area (Å²) >= 11 is 0. The van der Waals surface area contributed by atoms with Crippen LogP contribution in [0, 0.1) is 0 Å². The molecule has 0 aliphatic carbocycles. The van der Waals surface area contributed by atoms with E-state index in [-0.39, 0.29) is 19.3 Å². The molecule has 4 saturated heterocycles. The minimum Gasteiger partial charge on any atom is -0.390 e. The molecule has 40 heavy (non-hydrogen) atoms. The van der Waals surface area contributed by atoms with Crippen molar-refractivity contribution in [2.45, 2.75) is 151 Å². The van der Waals surface area contributed by atoms with Crippen molar-refractivity contribution in [2.24, 2.45) is 0 Å². The van der Waals surface area contributed by atoms with Crippen LogP contribution in [0.15, 0.2) is 0 Å². The highest BCUT2D eigenvalue weighted by atomic mass is 16.8. The Labute approximate surface area is 234 Å². The van der Waals surface area contributed by atoms with Gasteiger partial charge >= 0.3 is 0 Å². The quantitative estimate of drug-likeness (QED) is 0.229. The lowest BCUT2D eigenvalue weighted by atomic mass is 9.98. The summed E-state index contributed by atoms with van der Waals surface area (Å²) in [7, 11) is 2.93. The van der Waals surface area contributed by atoms with Gasteiger partial charge in [0.05, 0.1) is 42.7 Å². The lowest BCUT2D eigenvalue weighted by Crippen LogP contribution is -2.61. The first-order valence-electron chi connectivity index (χ1n) is 14.0. The molecule has 0 bridgehead atoms. The maximum atomic E-state index is 10.9. The van der Waals surface area contributed by atoms with Crippen molar-refractivity contribution in [1.82, 2.24) is 0 Å². The fourth-order valence-electron chi connectivity index (χ4n) is 5.95. The Morgan fingerprint density at radius 2 is 1.07 bits per heavy atom. The van der Waals surface area contributed by atoms with Crippen LogP contribution in [0.1, 0.15) is 47.0 Å². The Balaban J connectivity index is 1.32. The molecule has 0 spiro atoms. The van der Waals surface area contributed by atoms with Gasteiger partial charge in [-0.2, -0.15) is 0 Å². The van der Waals surface area contributed by atoms with Gasteiger partial charge in [0.15, 0.2) is 25.2 Å². The summed E-state index contributed by atoms with van der Waals surface area (Å²) in [5, 5.41) is 51.8. The SMILES string of the molecule is CO[C@H]1[C@@H](O)[C@@H](C)O[C@@H](O[C@H]2[C@@H](OC)C[C@H](O[C@H]3[C@H](O)C[C@H](O[C@H]4[C@@H](O)CC(O)O[C@@H]4C)O[C@@H]3C)O[C@@H]2C)[C@@H]1O. The van der Waals surface area contributed by atoms with Crippen LogP contribution in [0.25, 0.3) is 0 Å². The number of aliphatic hydroxyl groups is 5. The molecule has 4 fully saturated rings. The van der Waals surface area contributed by atoms with Crippen LogP contribution in [0.2, 0.25) is 0 Å². The van der Waals surface area contributed by atoms with Crippen LogP contribution in [0.4, 0.5) is 0 Å². The van der Waals surface area contributed by atoms with Crippen LogP contribution >= 0.6 is 0 Å². The second-order valence-electron chi connectivity index (χ2n) is 11.1. The third-order valence-electron chi connectivity index (χ3n) is 8.19. The van der Waals surface area contributed by atoms with Crippen molar-refractivity contribution in [1.29, 1.82) is 0 Å². The fraction of sp³-hybridized carbons (Fsp3) is 1.00. The smallest absolute Gasteiger partial charge is 0.187 e. The normalized spacial score (nSPS) is 52.4. The zero-order valence-corrected chi connectivity index (χ0v) is 23.8. The topological polar surface area (TPSA) is 184 Å². The largest absolute Gasteiger partial charge is 0.390 e. The molecule has 14 nitrogen and oxygen atoms in total. The number of hydrogen-bond acceptors (Lipinski definition) is 14. The third kappa shape index (κ3) is 7.14. The van der Waals surface area contributed by atoms with Crippen molar-refractivity contribution in [3.8, 4) is 0 Å². The van der Waals surface area contributed by atoms with E-state index < -0.39 is 105 Å². The van der Waals surface area contributed by atoms with E-state index in [0.717, 1.165) is 0 Å². The van der Waals surface area contributed by atoms with Crippen LogP contribution in [0.3, 0.4) is 0 Å². The van der Waals surface area contributed by atoms with E-state index in [4.69, 9.17) is 42.6 Å². The number of aliphatic hydroxyl groups excluding tert-OH is 5. The van der Waals surface area contributed by atoms with Crippen LogP contribution in [-0.2, 0) is 42.6 Å². The maximum absolute atomic E-state index is 10.9. The highest BCUT2D eigenvalue weighted by molar-refractivity contribution is 4.92. The monoisotopic (exact) mass is 582 g/mol. The Morgan fingerprint density at radius 1 is 0.525 bits per heavy atom. The summed E-state index contributed by atoms with van der Waals surface area (Å²) in [4.78, 5) is 0. The molecule has 4 heterocycles. The van der Waals surface area contributed by atoms with Crippen molar-refractivity contribution in [2.75, 3.05) is 14.2 Å². The summed E-state index contributed by atoms with van der Waals surface area (Å²) in [5.41, 5.74) is 0. The average molecular weight is 583 g/mol. The molecule has 0 saturated carbocycles. The maximum Gasteiger partial charge on any atom is 0.187 e. The highest BCUT2D eigenvalue weighted by Gasteiger charge is 2.49. The van der Waals surface area contributed by atoms with Gasteiger partial charge < -0.3 is 68.2 Å². The molecule has 0 radical (unpaired) electrons. The van der Waals surface area contributed by atoms with E-state index in [9.17, 15) is 25.5 Å². The molecule has 14 heteroatoms. The van der Waals surface area contributed by atoms with E-state index in [1.807, 2.05) is 0 Å². The first kappa shape index (κ1) is 32.4. The first-order chi connectivity index (χ1) is 18.9. The van der Waals surface area contributed by atoms with Gasteiger partial charge in [-0.25, -0.2) is 0 Å². The highest BCUT2D eigenvalue weighted by Crippen LogP contribution is 2.34. The Hall–Kier alpha value is -0.560. The number of rotatable bonds is 8. The van der Waals surface area contributed by atoms with E-state index in [1.165, 1.54) is 14.2 Å². The predicted molar refractivity (Wildman–Crippen MR) is 134 cm³/mol. The van der Waals surface area contributed by atoms with Crippen molar-refractivity contribution >= 4 is 0 Å². The zero-order chi connectivity index (χ0) is 29.3. The standard InChI is InChI=1S/C26H46O14/c1-10-20(30)25(33-6)21(31)26(37-10)40-24-13(4)36-19(9-16(24)32-5)39-23-12(3)35-18(8-15(23)28)38-22-11(2)34-17(29)7-14(22)27/h10-31H,7-9H2,1-6H3/t10-,11-,12-,13-,14+,15-,16+,17?,18+,19+,20+,21-,22-,23-,24-,25+,26+/m1/s1. The molecule has 234 valence electrons. The Kier molecular flexibility index (Phi) is 11.2. The lowest BCUT2D eigenvalue weighted by molar-refractivity contribution is -0.354. The second kappa shape index (κ2) is 13.8. The molecule has 5 N–H and O–H groups in total.